The summed E-state index contributed by atoms with van der Waals surface area (Å²) in [6, 6.07) is 1.02. The largest absolute Gasteiger partial charge is 0.311 e. The second kappa shape index (κ2) is 1.10. The van der Waals surface area contributed by atoms with Gasteiger partial charge in [-0.3, -0.25) is 0 Å². The van der Waals surface area contributed by atoms with Crippen LogP contribution >= 0.6 is 0 Å². The molecule has 1 spiro atoms. The lowest BCUT2D eigenvalue weighted by molar-refractivity contribution is -0.865. The van der Waals surface area contributed by atoms with Crippen molar-refractivity contribution >= 4 is 0 Å². The third-order valence-corrected chi connectivity index (χ3v) is 2.78. The van der Waals surface area contributed by atoms with Crippen LogP contribution in [0.15, 0.2) is 0 Å². The molecule has 1 nitrogen and oxygen atoms in total. The van der Waals surface area contributed by atoms with Gasteiger partial charge in [0.25, 0.3) is 0 Å². The summed E-state index contributed by atoms with van der Waals surface area (Å²) in [7, 11) is 0. The van der Waals surface area contributed by atoms with E-state index >= 15 is 0 Å². The highest BCUT2D eigenvalue weighted by molar-refractivity contribution is 4.79. The predicted octanol–water partition coefficient (Wildman–Crippen LogP) is 0.855. The molecule has 1 atom stereocenters. The van der Waals surface area contributed by atoms with Crippen LogP contribution in [0.25, 0.3) is 0 Å². The monoisotopic (exact) mass is 112 g/mol. The van der Waals surface area contributed by atoms with E-state index < -0.39 is 0 Å². The molecule has 2 aliphatic rings. The molecule has 8 heavy (non-hydrogen) atoms. The highest BCUT2D eigenvalue weighted by atomic mass is 15.5. The number of hydrogen-bond donors (Lipinski definition) is 0. The zero-order valence-corrected chi connectivity index (χ0v) is 5.72. The molecule has 1 heteroatoms. The van der Waals surface area contributed by atoms with Crippen molar-refractivity contribution in [2.45, 2.75) is 19.9 Å². The fraction of sp³-hybridized carbons (Fsp3) is 1.00. The van der Waals surface area contributed by atoms with Crippen LogP contribution in [0.5, 0.6) is 0 Å². The van der Waals surface area contributed by atoms with Crippen molar-refractivity contribution in [3.63, 3.8) is 0 Å². The van der Waals surface area contributed by atoms with Crippen LogP contribution in [0.2, 0.25) is 0 Å². The minimum atomic E-state index is 1.02. The van der Waals surface area contributed by atoms with Crippen molar-refractivity contribution in [1.82, 2.24) is 0 Å². The molecule has 0 radical (unpaired) electrons. The van der Waals surface area contributed by atoms with Crippen molar-refractivity contribution in [3.8, 4) is 0 Å². The fourth-order valence-electron chi connectivity index (χ4n) is 2.18. The fourth-order valence-corrected chi connectivity index (χ4v) is 2.18. The molecule has 0 N–H and O–H groups in total. The van der Waals surface area contributed by atoms with Crippen LogP contribution in [-0.4, -0.2) is 30.2 Å². The Morgan fingerprint density at radius 1 is 1.12 bits per heavy atom. The lowest BCUT2D eigenvalue weighted by Crippen LogP contribution is -2.49. The van der Waals surface area contributed by atoms with Gasteiger partial charge in [-0.15, -0.1) is 0 Å². The van der Waals surface area contributed by atoms with E-state index in [4.69, 9.17) is 0 Å². The molecule has 46 valence electrons. The Hall–Kier alpha value is -0.0400. The van der Waals surface area contributed by atoms with Crippen molar-refractivity contribution in [1.29, 1.82) is 0 Å². The molecule has 0 aliphatic carbocycles. The lowest BCUT2D eigenvalue weighted by atomic mass is 10.0. The van der Waals surface area contributed by atoms with Gasteiger partial charge in [-0.05, 0) is 6.92 Å². The van der Waals surface area contributed by atoms with Crippen LogP contribution in [0, 0.1) is 5.92 Å². The van der Waals surface area contributed by atoms with Gasteiger partial charge in [-0.25, -0.2) is 0 Å². The molecule has 2 fully saturated rings. The Bertz CT molecular complexity index is 114. The normalized spacial score (nSPS) is 60.8. The highest BCUT2D eigenvalue weighted by Gasteiger charge is 2.58. The zero-order valence-electron chi connectivity index (χ0n) is 5.72. The Kier molecular flexibility index (Phi) is 0.663. The first-order valence-electron chi connectivity index (χ1n) is 3.59. The van der Waals surface area contributed by atoms with E-state index in [-0.39, 0.29) is 0 Å². The quantitative estimate of drug-likeness (QED) is 0.322. The lowest BCUT2D eigenvalue weighted by Gasteiger charge is -2.34. The van der Waals surface area contributed by atoms with E-state index in [9.17, 15) is 0 Å². The maximum atomic E-state index is 2.37. The Labute approximate surface area is 50.9 Å². The molecule has 0 saturated carbocycles. The van der Waals surface area contributed by atoms with Gasteiger partial charge in [0.15, 0.2) is 0 Å². The summed E-state index contributed by atoms with van der Waals surface area (Å²) >= 11 is 0. The van der Waals surface area contributed by atoms with Gasteiger partial charge < -0.3 is 4.48 Å². The highest BCUT2D eigenvalue weighted by Crippen LogP contribution is 2.40. The molecule has 0 aromatic carbocycles. The van der Waals surface area contributed by atoms with Gasteiger partial charge in [-0.1, -0.05) is 6.92 Å². The minimum Gasteiger partial charge on any atom is -0.311 e. The summed E-state index contributed by atoms with van der Waals surface area (Å²) in [5.41, 5.74) is 0. The first-order chi connectivity index (χ1) is 3.73. The van der Waals surface area contributed by atoms with E-state index in [1.165, 1.54) is 24.1 Å². The summed E-state index contributed by atoms with van der Waals surface area (Å²) in [6.45, 7) is 9.15. The van der Waals surface area contributed by atoms with Crippen molar-refractivity contribution < 1.29 is 4.48 Å². The van der Waals surface area contributed by atoms with Gasteiger partial charge in [0, 0.05) is 0 Å². The molecule has 2 aliphatic heterocycles. The molecule has 1 unspecified atom stereocenters. The standard InChI is InChI=1S/C7H14N/c1-6-3-8(4-6)5-7(8)2/h6-7H,3-5H2,1-2H3/q+1. The third-order valence-electron chi connectivity index (χ3n) is 2.78. The maximum absolute atomic E-state index is 2.37. The predicted molar refractivity (Wildman–Crippen MR) is 33.5 cm³/mol. The van der Waals surface area contributed by atoms with Gasteiger partial charge in [0.05, 0.1) is 19.0 Å². The summed E-state index contributed by atoms with van der Waals surface area (Å²) in [6.07, 6.45) is 0. The van der Waals surface area contributed by atoms with Crippen LogP contribution in [-0.2, 0) is 0 Å². The van der Waals surface area contributed by atoms with E-state index in [1.807, 2.05) is 0 Å². The zero-order chi connectivity index (χ0) is 5.78. The van der Waals surface area contributed by atoms with E-state index in [0.717, 1.165) is 12.0 Å². The van der Waals surface area contributed by atoms with Crippen molar-refractivity contribution in [2.24, 2.45) is 5.92 Å². The first kappa shape index (κ1) is 4.80. The molecule has 2 heterocycles. The smallest absolute Gasteiger partial charge is 0.136 e. The summed E-state index contributed by atoms with van der Waals surface area (Å²) in [4.78, 5) is 0. The van der Waals surface area contributed by atoms with Gasteiger partial charge in [0.2, 0.25) is 0 Å². The van der Waals surface area contributed by atoms with Crippen LogP contribution in [0.4, 0.5) is 0 Å². The molecule has 2 saturated heterocycles. The summed E-state index contributed by atoms with van der Waals surface area (Å²) < 4.78 is 1.47. The Morgan fingerprint density at radius 3 is 1.75 bits per heavy atom. The van der Waals surface area contributed by atoms with Gasteiger partial charge >= 0.3 is 0 Å². The van der Waals surface area contributed by atoms with Gasteiger partial charge in [0.1, 0.15) is 12.6 Å². The van der Waals surface area contributed by atoms with E-state index in [0.29, 0.717) is 0 Å². The summed E-state index contributed by atoms with van der Waals surface area (Å²) in [5, 5.41) is 0. The number of nitrogens with zero attached hydrogens (tertiary/aromatic N) is 1. The number of hydrogen-bond acceptors (Lipinski definition) is 0. The maximum Gasteiger partial charge on any atom is 0.136 e. The van der Waals surface area contributed by atoms with Crippen LogP contribution in [0.1, 0.15) is 13.8 Å². The minimum absolute atomic E-state index is 1.02. The molecule has 0 amide bonds. The van der Waals surface area contributed by atoms with Gasteiger partial charge in [-0.2, -0.15) is 0 Å². The molecular formula is C7H14N+. The molecular weight excluding hydrogens is 98.1 g/mol. The first-order valence-corrected chi connectivity index (χ1v) is 3.59. The molecule has 0 bridgehead atoms. The van der Waals surface area contributed by atoms with E-state index in [1.54, 1.807) is 0 Å². The molecule has 0 aromatic heterocycles. The second-order valence-electron chi connectivity index (χ2n) is 3.72. The SMILES string of the molecule is CC1C[N+]2(C1)CC2C. The van der Waals surface area contributed by atoms with Crippen LogP contribution < -0.4 is 0 Å². The summed E-state index contributed by atoms with van der Waals surface area (Å²) in [5.74, 6) is 1.03. The Morgan fingerprint density at radius 2 is 1.62 bits per heavy atom. The average Bonchev–Trinajstić information content (AvgIpc) is 2.13. The van der Waals surface area contributed by atoms with Crippen LogP contribution in [0.3, 0.4) is 0 Å². The number of rotatable bonds is 0. The van der Waals surface area contributed by atoms with E-state index in [2.05, 4.69) is 13.8 Å². The topological polar surface area (TPSA) is 0 Å². The van der Waals surface area contributed by atoms with Crippen molar-refractivity contribution in [2.75, 3.05) is 19.6 Å². The molecule has 0 aromatic rings. The third kappa shape index (κ3) is 0.408. The average molecular weight is 112 g/mol. The second-order valence-corrected chi connectivity index (χ2v) is 3.72. The Balaban J connectivity index is 1.96. The molecule has 2 rings (SSSR count). The number of quaternary nitrogens is 1. The van der Waals surface area contributed by atoms with Crippen molar-refractivity contribution in [3.05, 3.63) is 0 Å².